The Labute approximate surface area is 116 Å². The van der Waals surface area contributed by atoms with Gasteiger partial charge in [-0.25, -0.2) is 4.98 Å². The van der Waals surface area contributed by atoms with E-state index in [2.05, 4.69) is 10.3 Å². The van der Waals surface area contributed by atoms with Crippen LogP contribution in [0.4, 0.5) is 11.6 Å². The van der Waals surface area contributed by atoms with E-state index in [1.165, 1.54) is 0 Å². The first-order valence-electron chi connectivity index (χ1n) is 5.38. The van der Waals surface area contributed by atoms with Gasteiger partial charge < -0.3 is 14.6 Å². The number of rotatable bonds is 4. The summed E-state index contributed by atoms with van der Waals surface area (Å²) < 4.78 is 5.03. The van der Waals surface area contributed by atoms with Crippen molar-refractivity contribution >= 4 is 34.8 Å². The van der Waals surface area contributed by atoms with E-state index >= 15 is 0 Å². The highest BCUT2D eigenvalue weighted by atomic mass is 35.5. The van der Waals surface area contributed by atoms with Crippen molar-refractivity contribution in [1.29, 1.82) is 0 Å². The van der Waals surface area contributed by atoms with Crippen molar-refractivity contribution in [3.05, 3.63) is 40.3 Å². The lowest BCUT2D eigenvalue weighted by Gasteiger charge is -2.19. The molecule has 0 radical (unpaired) electrons. The molecule has 0 saturated carbocycles. The molecule has 0 spiro atoms. The Bertz CT molecular complexity index is 528. The van der Waals surface area contributed by atoms with Gasteiger partial charge in [0.1, 0.15) is 11.6 Å². The lowest BCUT2D eigenvalue weighted by molar-refractivity contribution is 0.563. The Hall–Kier alpha value is -1.39. The number of pyridine rings is 1. The summed E-state index contributed by atoms with van der Waals surface area (Å²) in [5, 5.41) is 3.95. The number of aromatic nitrogens is 1. The molecule has 0 atom stereocenters. The molecule has 6 heteroatoms. The lowest BCUT2D eigenvalue weighted by Crippen LogP contribution is -2.18. The quantitative estimate of drug-likeness (QED) is 0.931. The number of halogens is 2. The maximum Gasteiger partial charge on any atom is 0.149 e. The van der Waals surface area contributed by atoms with E-state index in [4.69, 9.17) is 27.6 Å². The second-order valence-corrected chi connectivity index (χ2v) is 4.68. The SMILES string of the molecule is CNc1nc(N(C)Cc2ccoc2)c(Cl)cc1Cl. The normalized spacial score (nSPS) is 10.4. The predicted molar refractivity (Wildman–Crippen MR) is 74.6 cm³/mol. The van der Waals surface area contributed by atoms with E-state index in [1.54, 1.807) is 25.6 Å². The maximum absolute atomic E-state index is 6.15. The zero-order valence-electron chi connectivity index (χ0n) is 10.1. The Balaban J connectivity index is 2.26. The molecule has 2 rings (SSSR count). The van der Waals surface area contributed by atoms with E-state index < -0.39 is 0 Å². The molecule has 0 aliphatic heterocycles. The van der Waals surface area contributed by atoms with Gasteiger partial charge in [-0.3, -0.25) is 0 Å². The zero-order valence-corrected chi connectivity index (χ0v) is 11.6. The highest BCUT2D eigenvalue weighted by molar-refractivity contribution is 6.37. The van der Waals surface area contributed by atoms with Gasteiger partial charge in [0, 0.05) is 26.2 Å². The number of hydrogen-bond acceptors (Lipinski definition) is 4. The van der Waals surface area contributed by atoms with Crippen molar-refractivity contribution in [3.63, 3.8) is 0 Å². The molecule has 0 fully saturated rings. The van der Waals surface area contributed by atoms with Crippen LogP contribution in [0.2, 0.25) is 10.0 Å². The smallest absolute Gasteiger partial charge is 0.149 e. The molecule has 0 unspecified atom stereocenters. The molecule has 2 aromatic heterocycles. The molecular weight excluding hydrogens is 273 g/mol. The maximum atomic E-state index is 6.15. The summed E-state index contributed by atoms with van der Waals surface area (Å²) in [7, 11) is 3.68. The van der Waals surface area contributed by atoms with Gasteiger partial charge in [0.2, 0.25) is 0 Å². The van der Waals surface area contributed by atoms with Crippen molar-refractivity contribution in [2.24, 2.45) is 0 Å². The van der Waals surface area contributed by atoms with E-state index in [0.717, 1.165) is 5.56 Å². The molecule has 2 aromatic rings. The minimum absolute atomic E-state index is 0.503. The summed E-state index contributed by atoms with van der Waals surface area (Å²) in [6.07, 6.45) is 3.33. The summed E-state index contributed by atoms with van der Waals surface area (Å²) in [6.45, 7) is 0.661. The number of furan rings is 1. The molecule has 0 saturated heterocycles. The van der Waals surface area contributed by atoms with Crippen LogP contribution in [0.1, 0.15) is 5.56 Å². The molecule has 18 heavy (non-hydrogen) atoms. The molecule has 0 aromatic carbocycles. The lowest BCUT2D eigenvalue weighted by atomic mass is 10.3. The minimum atomic E-state index is 0.503. The van der Waals surface area contributed by atoms with Crippen molar-refractivity contribution in [2.75, 3.05) is 24.3 Å². The Kier molecular flexibility index (Phi) is 3.99. The van der Waals surface area contributed by atoms with Crippen LogP contribution in [0.15, 0.2) is 29.1 Å². The number of nitrogens with one attached hydrogen (secondary N) is 1. The highest BCUT2D eigenvalue weighted by Crippen LogP contribution is 2.31. The highest BCUT2D eigenvalue weighted by Gasteiger charge is 2.13. The monoisotopic (exact) mass is 285 g/mol. The molecule has 0 aliphatic rings. The molecule has 0 aliphatic carbocycles. The fourth-order valence-corrected chi connectivity index (χ4v) is 2.23. The third-order valence-electron chi connectivity index (χ3n) is 2.51. The van der Waals surface area contributed by atoms with Crippen molar-refractivity contribution < 1.29 is 4.42 Å². The molecule has 0 bridgehead atoms. The topological polar surface area (TPSA) is 41.3 Å². The summed E-state index contributed by atoms with van der Waals surface area (Å²) in [4.78, 5) is 6.33. The van der Waals surface area contributed by atoms with Crippen LogP contribution >= 0.6 is 23.2 Å². The van der Waals surface area contributed by atoms with Gasteiger partial charge in [0.25, 0.3) is 0 Å². The van der Waals surface area contributed by atoms with Gasteiger partial charge in [-0.05, 0) is 12.1 Å². The van der Waals surface area contributed by atoms with E-state index in [1.807, 2.05) is 18.0 Å². The van der Waals surface area contributed by atoms with Gasteiger partial charge in [-0.1, -0.05) is 23.2 Å². The minimum Gasteiger partial charge on any atom is -0.472 e. The van der Waals surface area contributed by atoms with Crippen molar-refractivity contribution in [3.8, 4) is 0 Å². The average Bonchev–Trinajstić information content (AvgIpc) is 2.81. The van der Waals surface area contributed by atoms with Crippen LogP contribution in [-0.4, -0.2) is 19.1 Å². The molecule has 4 nitrogen and oxygen atoms in total. The van der Waals surface area contributed by atoms with Crippen LogP contribution in [0.5, 0.6) is 0 Å². The van der Waals surface area contributed by atoms with Gasteiger partial charge >= 0.3 is 0 Å². The fraction of sp³-hybridized carbons (Fsp3) is 0.250. The summed E-state index contributed by atoms with van der Waals surface area (Å²) >= 11 is 12.2. The van der Waals surface area contributed by atoms with Gasteiger partial charge in [0.15, 0.2) is 0 Å². The third kappa shape index (κ3) is 2.71. The van der Waals surface area contributed by atoms with Crippen LogP contribution in [0.3, 0.4) is 0 Å². The van der Waals surface area contributed by atoms with E-state index in [-0.39, 0.29) is 0 Å². The van der Waals surface area contributed by atoms with Gasteiger partial charge in [-0.2, -0.15) is 0 Å². The first-order valence-corrected chi connectivity index (χ1v) is 6.13. The van der Waals surface area contributed by atoms with E-state index in [0.29, 0.717) is 28.2 Å². The molecular formula is C12H13Cl2N3O. The average molecular weight is 286 g/mol. The zero-order chi connectivity index (χ0) is 13.1. The Morgan fingerprint density at radius 1 is 1.39 bits per heavy atom. The Morgan fingerprint density at radius 2 is 2.17 bits per heavy atom. The third-order valence-corrected chi connectivity index (χ3v) is 3.08. The molecule has 0 amide bonds. The summed E-state index contributed by atoms with van der Waals surface area (Å²) in [6, 6.07) is 3.59. The number of anilines is 2. The van der Waals surface area contributed by atoms with Gasteiger partial charge in [-0.15, -0.1) is 0 Å². The second-order valence-electron chi connectivity index (χ2n) is 3.86. The fourth-order valence-electron chi connectivity index (χ4n) is 1.63. The number of nitrogens with zero attached hydrogens (tertiary/aromatic N) is 2. The molecule has 2 heterocycles. The first kappa shape index (κ1) is 13.1. The summed E-state index contributed by atoms with van der Waals surface area (Å²) in [5.41, 5.74) is 1.05. The van der Waals surface area contributed by atoms with Crippen LogP contribution in [0, 0.1) is 0 Å². The van der Waals surface area contributed by atoms with Crippen molar-refractivity contribution in [1.82, 2.24) is 4.98 Å². The standard InChI is InChI=1S/C12H13Cl2N3O/c1-15-11-9(13)5-10(14)12(16-11)17(2)6-8-3-4-18-7-8/h3-5,7H,6H2,1-2H3,(H,15,16). The van der Waals surface area contributed by atoms with Crippen LogP contribution in [-0.2, 0) is 6.54 Å². The predicted octanol–water partition coefficient (Wildman–Crippen LogP) is 3.66. The van der Waals surface area contributed by atoms with Crippen LogP contribution < -0.4 is 10.2 Å². The largest absolute Gasteiger partial charge is 0.472 e. The first-order chi connectivity index (χ1) is 8.61. The van der Waals surface area contributed by atoms with Crippen molar-refractivity contribution in [2.45, 2.75) is 6.54 Å². The Morgan fingerprint density at radius 3 is 2.78 bits per heavy atom. The summed E-state index contributed by atoms with van der Waals surface area (Å²) in [5.74, 6) is 1.28. The second kappa shape index (κ2) is 5.50. The van der Waals surface area contributed by atoms with E-state index in [9.17, 15) is 0 Å². The van der Waals surface area contributed by atoms with Crippen LogP contribution in [0.25, 0.3) is 0 Å². The molecule has 1 N–H and O–H groups in total. The number of hydrogen-bond donors (Lipinski definition) is 1. The van der Waals surface area contributed by atoms with Gasteiger partial charge in [0.05, 0.1) is 22.6 Å². The molecule has 96 valence electrons.